The summed E-state index contributed by atoms with van der Waals surface area (Å²) in [6, 6.07) is 6.71. The molecule has 0 aromatic heterocycles. The second kappa shape index (κ2) is 4.69. The Balaban J connectivity index is 1.92. The van der Waals surface area contributed by atoms with Gasteiger partial charge in [-0.05, 0) is 32.3 Å². The zero-order valence-corrected chi connectivity index (χ0v) is 12.2. The number of hydrogen-bond donors (Lipinski definition) is 1. The number of barbiturate groups is 1. The minimum absolute atomic E-state index is 0.351. The van der Waals surface area contributed by atoms with Crippen molar-refractivity contribution in [2.45, 2.75) is 39.2 Å². The topological polar surface area (TPSA) is 66.5 Å². The molecule has 5 heteroatoms. The first-order valence-electron chi connectivity index (χ1n) is 7.21. The van der Waals surface area contributed by atoms with E-state index in [2.05, 4.69) is 5.32 Å². The number of rotatable bonds is 2. The first-order valence-corrected chi connectivity index (χ1v) is 7.21. The summed E-state index contributed by atoms with van der Waals surface area (Å²) in [6.45, 7) is 3.79. The third-order valence-corrected chi connectivity index (χ3v) is 4.66. The van der Waals surface area contributed by atoms with Crippen LogP contribution < -0.4 is 5.32 Å². The van der Waals surface area contributed by atoms with Gasteiger partial charge in [0.25, 0.3) is 0 Å². The van der Waals surface area contributed by atoms with E-state index in [0.29, 0.717) is 12.8 Å². The molecule has 1 saturated carbocycles. The van der Waals surface area contributed by atoms with Crippen molar-refractivity contribution >= 4 is 17.8 Å². The van der Waals surface area contributed by atoms with E-state index < -0.39 is 17.4 Å². The summed E-state index contributed by atoms with van der Waals surface area (Å²) in [7, 11) is 0. The fourth-order valence-electron chi connectivity index (χ4n) is 3.01. The number of imide groups is 2. The lowest BCUT2D eigenvalue weighted by atomic mass is 9.66. The third kappa shape index (κ3) is 1.95. The average molecular weight is 286 g/mol. The maximum Gasteiger partial charge on any atom is 0.331 e. The van der Waals surface area contributed by atoms with Crippen LogP contribution in [0, 0.1) is 12.3 Å². The minimum atomic E-state index is -1.01. The number of nitrogens with one attached hydrogen (secondary N) is 1. The first-order chi connectivity index (χ1) is 9.95. The van der Waals surface area contributed by atoms with E-state index in [1.807, 2.05) is 38.1 Å². The lowest BCUT2D eigenvalue weighted by Gasteiger charge is -2.46. The van der Waals surface area contributed by atoms with Gasteiger partial charge in [-0.15, -0.1) is 0 Å². The van der Waals surface area contributed by atoms with E-state index in [9.17, 15) is 14.4 Å². The lowest BCUT2D eigenvalue weighted by Crippen LogP contribution is -2.66. The number of hydrogen-bond acceptors (Lipinski definition) is 3. The number of benzene rings is 1. The van der Waals surface area contributed by atoms with Crippen LogP contribution in [0.15, 0.2) is 24.3 Å². The highest BCUT2D eigenvalue weighted by Gasteiger charge is 2.58. The van der Waals surface area contributed by atoms with Crippen LogP contribution in [0.5, 0.6) is 0 Å². The molecule has 2 fully saturated rings. The second-order valence-corrected chi connectivity index (χ2v) is 5.96. The van der Waals surface area contributed by atoms with Gasteiger partial charge < -0.3 is 0 Å². The van der Waals surface area contributed by atoms with Crippen LogP contribution in [0.25, 0.3) is 0 Å². The zero-order valence-electron chi connectivity index (χ0n) is 12.2. The van der Waals surface area contributed by atoms with Gasteiger partial charge in [0.15, 0.2) is 0 Å². The van der Waals surface area contributed by atoms with Crippen LogP contribution in [0.4, 0.5) is 4.79 Å². The van der Waals surface area contributed by atoms with Gasteiger partial charge in [0.2, 0.25) is 11.8 Å². The highest BCUT2D eigenvalue weighted by molar-refractivity contribution is 6.19. The van der Waals surface area contributed by atoms with Crippen molar-refractivity contribution in [3.63, 3.8) is 0 Å². The molecule has 110 valence electrons. The molecule has 1 N–H and O–H groups in total. The van der Waals surface area contributed by atoms with Crippen LogP contribution in [0.3, 0.4) is 0 Å². The van der Waals surface area contributed by atoms with Crippen molar-refractivity contribution in [3.8, 4) is 0 Å². The van der Waals surface area contributed by atoms with Gasteiger partial charge in [-0.2, -0.15) is 0 Å². The molecule has 1 heterocycles. The Labute approximate surface area is 123 Å². The predicted molar refractivity (Wildman–Crippen MR) is 76.3 cm³/mol. The normalized spacial score (nSPS) is 22.0. The van der Waals surface area contributed by atoms with Crippen LogP contribution in [0.1, 0.15) is 43.4 Å². The van der Waals surface area contributed by atoms with E-state index in [1.165, 1.54) is 4.90 Å². The molecule has 1 spiro atoms. The molecule has 21 heavy (non-hydrogen) atoms. The van der Waals surface area contributed by atoms with Gasteiger partial charge in [-0.1, -0.05) is 36.2 Å². The Kier molecular flexibility index (Phi) is 3.08. The van der Waals surface area contributed by atoms with Gasteiger partial charge in [0, 0.05) is 0 Å². The van der Waals surface area contributed by atoms with Crippen LogP contribution >= 0.6 is 0 Å². The number of urea groups is 1. The highest BCUT2D eigenvalue weighted by atomic mass is 16.2. The summed E-state index contributed by atoms with van der Waals surface area (Å²) in [6.07, 6.45) is 1.91. The molecule has 3 rings (SSSR count). The molecule has 1 saturated heterocycles. The van der Waals surface area contributed by atoms with Crippen LogP contribution in [-0.2, 0) is 9.59 Å². The summed E-state index contributed by atoms with van der Waals surface area (Å²) < 4.78 is 0. The maximum atomic E-state index is 12.7. The summed E-state index contributed by atoms with van der Waals surface area (Å²) in [4.78, 5) is 38.0. The Morgan fingerprint density at radius 2 is 1.76 bits per heavy atom. The molecule has 1 atom stereocenters. The highest BCUT2D eigenvalue weighted by Crippen LogP contribution is 2.45. The molecular weight excluding hydrogens is 268 g/mol. The monoisotopic (exact) mass is 286 g/mol. The van der Waals surface area contributed by atoms with Crippen molar-refractivity contribution < 1.29 is 14.4 Å². The number of carbonyl (C=O) groups excluding carboxylic acids is 3. The smallest absolute Gasteiger partial charge is 0.277 e. The fraction of sp³-hybridized carbons (Fsp3) is 0.438. The number of nitrogens with zero attached hydrogens (tertiary/aromatic N) is 1. The summed E-state index contributed by atoms with van der Waals surface area (Å²) in [5.74, 6) is -0.785. The number of amides is 4. The molecule has 1 unspecified atom stereocenters. The number of aryl methyl sites for hydroxylation is 1. The summed E-state index contributed by atoms with van der Waals surface area (Å²) in [5, 5.41) is 2.34. The van der Waals surface area contributed by atoms with Crippen molar-refractivity contribution in [3.05, 3.63) is 35.4 Å². The maximum absolute atomic E-state index is 12.7. The molecule has 1 aromatic rings. The lowest BCUT2D eigenvalue weighted by molar-refractivity contribution is -0.159. The van der Waals surface area contributed by atoms with Crippen molar-refractivity contribution in [2.75, 3.05) is 0 Å². The predicted octanol–water partition coefficient (Wildman–Crippen LogP) is 2.30. The molecule has 1 aromatic carbocycles. The second-order valence-electron chi connectivity index (χ2n) is 5.96. The van der Waals surface area contributed by atoms with Crippen molar-refractivity contribution in [1.82, 2.24) is 10.2 Å². The van der Waals surface area contributed by atoms with E-state index in [1.54, 1.807) is 0 Å². The number of carbonyl (C=O) groups is 3. The SMILES string of the molecule is Cc1ccc(C(C)N2C(=O)NC(=O)C3(CCC3)C2=O)cc1. The molecular formula is C16H18N2O3. The quantitative estimate of drug-likeness (QED) is 0.848. The molecule has 5 nitrogen and oxygen atoms in total. The first kappa shape index (κ1) is 13.8. The van der Waals surface area contributed by atoms with Crippen molar-refractivity contribution in [1.29, 1.82) is 0 Å². The van der Waals surface area contributed by atoms with Crippen LogP contribution in [-0.4, -0.2) is 22.7 Å². The van der Waals surface area contributed by atoms with E-state index in [-0.39, 0.29) is 11.9 Å². The fourth-order valence-corrected chi connectivity index (χ4v) is 3.01. The Morgan fingerprint density at radius 1 is 1.14 bits per heavy atom. The summed E-state index contributed by atoms with van der Waals surface area (Å²) >= 11 is 0. The Bertz CT molecular complexity index is 617. The Hall–Kier alpha value is -2.17. The van der Waals surface area contributed by atoms with E-state index in [0.717, 1.165) is 17.5 Å². The van der Waals surface area contributed by atoms with Gasteiger partial charge in [-0.25, -0.2) is 4.79 Å². The van der Waals surface area contributed by atoms with Gasteiger partial charge in [0.05, 0.1) is 6.04 Å². The molecule has 2 aliphatic rings. The summed E-state index contributed by atoms with van der Waals surface area (Å²) in [5.41, 5.74) is 0.992. The van der Waals surface area contributed by atoms with Gasteiger partial charge in [-0.3, -0.25) is 19.8 Å². The standard InChI is InChI=1S/C16H18N2O3/c1-10-4-6-12(7-5-10)11(2)18-14(20)16(8-3-9-16)13(19)17-15(18)21/h4-7,11H,3,8-9H2,1-2H3,(H,17,19,21). The Morgan fingerprint density at radius 3 is 2.29 bits per heavy atom. The third-order valence-electron chi connectivity index (χ3n) is 4.66. The zero-order chi connectivity index (χ0) is 15.2. The van der Waals surface area contributed by atoms with Crippen molar-refractivity contribution in [2.24, 2.45) is 5.41 Å². The minimum Gasteiger partial charge on any atom is -0.277 e. The molecule has 1 aliphatic heterocycles. The van der Waals surface area contributed by atoms with Gasteiger partial charge in [0.1, 0.15) is 5.41 Å². The van der Waals surface area contributed by atoms with Gasteiger partial charge >= 0.3 is 6.03 Å². The molecule has 0 radical (unpaired) electrons. The average Bonchev–Trinajstić information content (AvgIpc) is 2.37. The van der Waals surface area contributed by atoms with E-state index >= 15 is 0 Å². The molecule has 0 bridgehead atoms. The van der Waals surface area contributed by atoms with Crippen LogP contribution in [0.2, 0.25) is 0 Å². The van der Waals surface area contributed by atoms with E-state index in [4.69, 9.17) is 0 Å². The molecule has 1 aliphatic carbocycles. The largest absolute Gasteiger partial charge is 0.331 e. The molecule has 4 amide bonds.